The number of benzene rings is 2. The van der Waals surface area contributed by atoms with Crippen molar-refractivity contribution in [2.45, 2.75) is 52.1 Å². The van der Waals surface area contributed by atoms with Crippen molar-refractivity contribution in [2.75, 3.05) is 14.1 Å². The predicted octanol–water partition coefficient (Wildman–Crippen LogP) is 4.86. The van der Waals surface area contributed by atoms with E-state index >= 15 is 0 Å². The van der Waals surface area contributed by atoms with E-state index in [4.69, 9.17) is 0 Å². The van der Waals surface area contributed by atoms with Gasteiger partial charge in [0.25, 0.3) is 0 Å². The maximum atomic E-state index is 12.3. The van der Waals surface area contributed by atoms with E-state index in [1.165, 1.54) is 10.9 Å². The lowest BCUT2D eigenvalue weighted by atomic mass is 10.0. The summed E-state index contributed by atoms with van der Waals surface area (Å²) in [4.78, 5) is 26.6. The SMILES string of the molecule is CCC(CCn1c2ccc(C(C)=O)cc2c2c3c(ccc21)C(=O)CC3)N(C)C. The van der Waals surface area contributed by atoms with Gasteiger partial charge >= 0.3 is 0 Å². The molecule has 0 N–H and O–H groups in total. The van der Waals surface area contributed by atoms with Crippen molar-refractivity contribution in [2.24, 2.45) is 0 Å². The van der Waals surface area contributed by atoms with Crippen molar-refractivity contribution in [3.05, 3.63) is 47.0 Å². The van der Waals surface area contributed by atoms with E-state index in [1.54, 1.807) is 6.92 Å². The van der Waals surface area contributed by atoms with Crippen LogP contribution in [-0.2, 0) is 13.0 Å². The summed E-state index contributed by atoms with van der Waals surface area (Å²) in [6.07, 6.45) is 3.56. The van der Waals surface area contributed by atoms with E-state index in [0.717, 1.165) is 53.4 Å². The van der Waals surface area contributed by atoms with Crippen LogP contribution in [0.25, 0.3) is 21.8 Å². The van der Waals surface area contributed by atoms with Crippen LogP contribution in [0.5, 0.6) is 0 Å². The maximum absolute atomic E-state index is 12.3. The Balaban J connectivity index is 1.93. The van der Waals surface area contributed by atoms with Crippen molar-refractivity contribution in [1.82, 2.24) is 9.47 Å². The second-order valence-electron chi connectivity index (χ2n) is 8.16. The summed E-state index contributed by atoms with van der Waals surface area (Å²) in [6, 6.07) is 10.6. The van der Waals surface area contributed by atoms with Crippen molar-refractivity contribution in [3.8, 4) is 0 Å². The Morgan fingerprint density at radius 2 is 1.89 bits per heavy atom. The molecule has 2 aromatic carbocycles. The van der Waals surface area contributed by atoms with Gasteiger partial charge in [-0.15, -0.1) is 0 Å². The third kappa shape index (κ3) is 2.96. The molecule has 0 aliphatic heterocycles. The van der Waals surface area contributed by atoms with Crippen LogP contribution >= 0.6 is 0 Å². The summed E-state index contributed by atoms with van der Waals surface area (Å²) in [6.45, 7) is 4.76. The lowest BCUT2D eigenvalue weighted by molar-refractivity contribution is 0.0991. The van der Waals surface area contributed by atoms with Gasteiger partial charge in [0.1, 0.15) is 0 Å². The van der Waals surface area contributed by atoms with Crippen molar-refractivity contribution >= 4 is 33.4 Å². The van der Waals surface area contributed by atoms with Crippen LogP contribution in [0.3, 0.4) is 0 Å². The van der Waals surface area contributed by atoms with Crippen LogP contribution in [0, 0.1) is 0 Å². The molecule has 0 saturated heterocycles. The van der Waals surface area contributed by atoms with Crippen molar-refractivity contribution < 1.29 is 9.59 Å². The number of ketones is 2. The molecular weight excluding hydrogens is 348 g/mol. The van der Waals surface area contributed by atoms with Gasteiger partial charge in [-0.05, 0) is 76.2 Å². The van der Waals surface area contributed by atoms with Crippen LogP contribution in [0.1, 0.15) is 59.4 Å². The second kappa shape index (κ2) is 7.17. The van der Waals surface area contributed by atoms with E-state index in [2.05, 4.69) is 42.6 Å². The minimum Gasteiger partial charge on any atom is -0.340 e. The Hall–Kier alpha value is -2.46. The second-order valence-corrected chi connectivity index (χ2v) is 8.16. The Bertz CT molecular complexity index is 1090. The molecule has 0 bridgehead atoms. The highest BCUT2D eigenvalue weighted by molar-refractivity contribution is 6.16. The molecule has 0 radical (unpaired) electrons. The molecule has 0 amide bonds. The van der Waals surface area contributed by atoms with E-state index in [0.29, 0.717) is 12.5 Å². The zero-order chi connectivity index (χ0) is 20.0. The molecular formula is C24H28N2O2. The molecule has 0 spiro atoms. The number of Topliss-reactive ketones (excluding diaryl/α,β-unsaturated/α-hetero) is 2. The molecule has 3 aromatic rings. The highest BCUT2D eigenvalue weighted by atomic mass is 16.1. The van der Waals surface area contributed by atoms with Crippen LogP contribution in [0.2, 0.25) is 0 Å². The molecule has 146 valence electrons. The third-order valence-electron chi connectivity index (χ3n) is 6.33. The van der Waals surface area contributed by atoms with E-state index < -0.39 is 0 Å². The first-order valence-corrected chi connectivity index (χ1v) is 10.2. The summed E-state index contributed by atoms with van der Waals surface area (Å²) < 4.78 is 2.38. The molecule has 1 heterocycles. The fraction of sp³-hybridized carbons (Fsp3) is 0.417. The molecule has 0 fully saturated rings. The number of aryl methyl sites for hydroxylation is 2. The summed E-state index contributed by atoms with van der Waals surface area (Å²) in [5.41, 5.74) is 5.08. The van der Waals surface area contributed by atoms with E-state index in [-0.39, 0.29) is 11.6 Å². The topological polar surface area (TPSA) is 42.3 Å². The van der Waals surface area contributed by atoms with Crippen molar-refractivity contribution in [3.63, 3.8) is 0 Å². The number of aromatic nitrogens is 1. The van der Waals surface area contributed by atoms with Gasteiger partial charge < -0.3 is 9.47 Å². The zero-order valence-corrected chi connectivity index (χ0v) is 17.2. The standard InChI is InChI=1S/C24H28N2O2/c1-5-17(25(3)4)12-13-26-21-9-6-16(15(2)27)14-20(21)24-19-8-11-23(28)18(19)7-10-22(24)26/h6-7,9-10,14,17H,5,8,11-13H2,1-4H3. The lowest BCUT2D eigenvalue weighted by Crippen LogP contribution is -2.28. The number of hydrogen-bond acceptors (Lipinski definition) is 3. The third-order valence-corrected chi connectivity index (χ3v) is 6.33. The number of hydrogen-bond donors (Lipinski definition) is 0. The number of nitrogens with zero attached hydrogens (tertiary/aromatic N) is 2. The van der Waals surface area contributed by atoms with Gasteiger partial charge in [0.15, 0.2) is 11.6 Å². The number of carbonyl (C=O) groups excluding carboxylic acids is 2. The average Bonchev–Trinajstić information content (AvgIpc) is 3.19. The minimum atomic E-state index is 0.0742. The molecule has 1 aliphatic carbocycles. The molecule has 1 aromatic heterocycles. The quantitative estimate of drug-likeness (QED) is 0.577. The van der Waals surface area contributed by atoms with Crippen LogP contribution in [0.15, 0.2) is 30.3 Å². The summed E-state index contributed by atoms with van der Waals surface area (Å²) in [7, 11) is 4.27. The first-order chi connectivity index (χ1) is 13.4. The first-order valence-electron chi connectivity index (χ1n) is 10.2. The summed E-state index contributed by atoms with van der Waals surface area (Å²) in [5.74, 6) is 0.310. The van der Waals surface area contributed by atoms with Crippen LogP contribution in [0.4, 0.5) is 0 Å². The number of carbonyl (C=O) groups is 2. The van der Waals surface area contributed by atoms with Gasteiger partial charge in [0.2, 0.25) is 0 Å². The molecule has 4 heteroatoms. The molecule has 4 nitrogen and oxygen atoms in total. The first kappa shape index (κ1) is 18.9. The van der Waals surface area contributed by atoms with Crippen molar-refractivity contribution in [1.29, 1.82) is 0 Å². The Labute approximate surface area is 166 Å². The molecule has 28 heavy (non-hydrogen) atoms. The summed E-state index contributed by atoms with van der Waals surface area (Å²) >= 11 is 0. The maximum Gasteiger partial charge on any atom is 0.163 e. The molecule has 1 aliphatic rings. The monoisotopic (exact) mass is 376 g/mol. The predicted molar refractivity (Wildman–Crippen MR) is 114 cm³/mol. The van der Waals surface area contributed by atoms with Gasteiger partial charge in [0.05, 0.1) is 0 Å². The Morgan fingerprint density at radius 3 is 2.57 bits per heavy atom. The molecule has 0 saturated carbocycles. The summed E-state index contributed by atoms with van der Waals surface area (Å²) in [5, 5.41) is 2.27. The smallest absolute Gasteiger partial charge is 0.163 e. The highest BCUT2D eigenvalue weighted by Gasteiger charge is 2.25. The molecule has 1 unspecified atom stereocenters. The zero-order valence-electron chi connectivity index (χ0n) is 17.2. The average molecular weight is 377 g/mol. The van der Waals surface area contributed by atoms with E-state index in [9.17, 15) is 9.59 Å². The minimum absolute atomic E-state index is 0.0742. The lowest BCUT2D eigenvalue weighted by Gasteiger charge is -2.23. The Kier molecular flexibility index (Phi) is 4.84. The van der Waals surface area contributed by atoms with E-state index in [1.807, 2.05) is 18.2 Å². The van der Waals surface area contributed by atoms with Gasteiger partial charge in [-0.1, -0.05) is 6.92 Å². The normalized spacial score (nSPS) is 15.0. The van der Waals surface area contributed by atoms with Crippen LogP contribution in [-0.4, -0.2) is 41.2 Å². The largest absolute Gasteiger partial charge is 0.340 e. The molecule has 4 rings (SSSR count). The van der Waals surface area contributed by atoms with Gasteiger partial charge in [-0.2, -0.15) is 0 Å². The van der Waals surface area contributed by atoms with Gasteiger partial charge in [0, 0.05) is 51.9 Å². The number of rotatable bonds is 6. The molecule has 1 atom stereocenters. The van der Waals surface area contributed by atoms with Gasteiger partial charge in [-0.25, -0.2) is 0 Å². The number of fused-ring (bicyclic) bond motifs is 5. The fourth-order valence-corrected chi connectivity index (χ4v) is 4.72. The van der Waals surface area contributed by atoms with Crippen LogP contribution < -0.4 is 0 Å². The highest BCUT2D eigenvalue weighted by Crippen LogP contribution is 2.37. The van der Waals surface area contributed by atoms with Gasteiger partial charge in [-0.3, -0.25) is 9.59 Å². The Morgan fingerprint density at radius 1 is 1.14 bits per heavy atom. The fourth-order valence-electron chi connectivity index (χ4n) is 4.72.